The maximum absolute atomic E-state index is 12.7. The van der Waals surface area contributed by atoms with E-state index in [0.717, 1.165) is 32.9 Å². The molecule has 11 heteroatoms. The third kappa shape index (κ3) is 6.60. The van der Waals surface area contributed by atoms with E-state index < -0.39 is 6.29 Å². The number of aliphatic hydroxyl groups excluding tert-OH is 1. The van der Waals surface area contributed by atoms with Crippen LogP contribution in [0, 0.1) is 0 Å². The van der Waals surface area contributed by atoms with Gasteiger partial charge in [0.2, 0.25) is 0 Å². The second-order valence-corrected chi connectivity index (χ2v) is 10.6. The van der Waals surface area contributed by atoms with E-state index in [1.807, 2.05) is 72.8 Å². The topological polar surface area (TPSA) is 135 Å². The SMILES string of the molecule is O=C(NCc1ccc([C@H]2O[C@@H](CSc3ncn[nH]3)C[C@@H](c3ccc(CO)cc3)O2)cc1)c1cnc2ccccc2n1. The molecule has 1 fully saturated rings. The summed E-state index contributed by atoms with van der Waals surface area (Å²) in [7, 11) is 0. The third-order valence-electron chi connectivity index (χ3n) is 6.80. The van der Waals surface area contributed by atoms with Crippen LogP contribution >= 0.6 is 11.8 Å². The van der Waals surface area contributed by atoms with Crippen LogP contribution in [0.25, 0.3) is 11.0 Å². The molecule has 3 atom stereocenters. The molecule has 10 nitrogen and oxygen atoms in total. The highest BCUT2D eigenvalue weighted by Crippen LogP contribution is 2.39. The van der Waals surface area contributed by atoms with E-state index in [1.165, 1.54) is 12.5 Å². The van der Waals surface area contributed by atoms with Gasteiger partial charge in [-0.25, -0.2) is 9.97 Å². The normalized spacial score (nSPS) is 18.8. The van der Waals surface area contributed by atoms with E-state index in [4.69, 9.17) is 9.47 Å². The second-order valence-electron chi connectivity index (χ2n) is 9.62. The minimum Gasteiger partial charge on any atom is -0.392 e. The summed E-state index contributed by atoms with van der Waals surface area (Å²) in [6, 6.07) is 23.1. The molecule has 0 spiro atoms. The lowest BCUT2D eigenvalue weighted by atomic mass is 10.0. The molecule has 1 amide bonds. The van der Waals surface area contributed by atoms with Crippen molar-refractivity contribution in [2.45, 2.75) is 43.2 Å². The zero-order valence-corrected chi connectivity index (χ0v) is 22.8. The number of rotatable bonds is 9. The molecular formula is C30H28N6O4S. The van der Waals surface area contributed by atoms with Crippen LogP contribution in [0.3, 0.4) is 0 Å². The quantitative estimate of drug-likeness (QED) is 0.220. The molecule has 208 valence electrons. The number of nitrogens with one attached hydrogen (secondary N) is 2. The number of aromatic nitrogens is 5. The van der Waals surface area contributed by atoms with E-state index in [0.29, 0.717) is 24.2 Å². The van der Waals surface area contributed by atoms with E-state index in [1.54, 1.807) is 11.8 Å². The standard InChI is InChI=1S/C30H28N6O4S/c37-16-20-7-9-21(10-8-20)27-13-23(17-41-30-33-18-34-36-30)39-29(40-27)22-11-5-19(6-12-22)14-32-28(38)26-15-31-24-3-1-2-4-25(24)35-26/h1-12,15,18,23,27,29,37H,13-14,16-17H2,(H,32,38)(H,33,34,36)/t23-,27+,29+/m1/s1. The van der Waals surface area contributed by atoms with Gasteiger partial charge in [-0.05, 0) is 28.8 Å². The van der Waals surface area contributed by atoms with Crippen molar-refractivity contribution in [2.75, 3.05) is 5.75 Å². The Balaban J connectivity index is 1.12. The largest absolute Gasteiger partial charge is 0.392 e. The summed E-state index contributed by atoms with van der Waals surface area (Å²) in [5.41, 5.74) is 5.39. The molecule has 0 aliphatic carbocycles. The number of carbonyl (C=O) groups excluding carboxylic acids is 1. The molecule has 6 rings (SSSR count). The maximum atomic E-state index is 12.7. The van der Waals surface area contributed by atoms with Gasteiger partial charge < -0.3 is 19.9 Å². The van der Waals surface area contributed by atoms with Gasteiger partial charge >= 0.3 is 0 Å². The highest BCUT2D eigenvalue weighted by molar-refractivity contribution is 7.99. The van der Waals surface area contributed by atoms with Gasteiger partial charge in [-0.1, -0.05) is 72.4 Å². The number of carbonyl (C=O) groups is 1. The van der Waals surface area contributed by atoms with Crippen LogP contribution in [0.4, 0.5) is 0 Å². The van der Waals surface area contributed by atoms with Gasteiger partial charge in [0.05, 0.1) is 36.0 Å². The lowest BCUT2D eigenvalue weighted by molar-refractivity contribution is -0.245. The Morgan fingerprint density at radius 3 is 2.46 bits per heavy atom. The van der Waals surface area contributed by atoms with Gasteiger partial charge in [0.25, 0.3) is 5.91 Å². The van der Waals surface area contributed by atoms with E-state index >= 15 is 0 Å². The highest BCUT2D eigenvalue weighted by atomic mass is 32.2. The molecule has 1 aliphatic heterocycles. The number of ether oxygens (including phenoxy) is 2. The first-order valence-electron chi connectivity index (χ1n) is 13.2. The molecule has 0 unspecified atom stereocenters. The maximum Gasteiger partial charge on any atom is 0.271 e. The summed E-state index contributed by atoms with van der Waals surface area (Å²) in [5, 5.41) is 19.9. The number of hydrogen-bond acceptors (Lipinski definition) is 9. The summed E-state index contributed by atoms with van der Waals surface area (Å²) in [5.74, 6) is 0.399. The number of fused-ring (bicyclic) bond motifs is 1. The van der Waals surface area contributed by atoms with E-state index in [2.05, 4.69) is 30.5 Å². The molecule has 3 heterocycles. The van der Waals surface area contributed by atoms with Crippen molar-refractivity contribution < 1.29 is 19.4 Å². The zero-order valence-electron chi connectivity index (χ0n) is 22.0. The Hall–Kier alpha value is -4.16. The molecule has 1 aliphatic rings. The zero-order chi connectivity index (χ0) is 28.0. The number of benzene rings is 3. The van der Waals surface area contributed by atoms with E-state index in [-0.39, 0.29) is 30.4 Å². The van der Waals surface area contributed by atoms with Crippen LogP contribution in [0.1, 0.15) is 51.6 Å². The first-order valence-corrected chi connectivity index (χ1v) is 14.2. The molecule has 1 saturated heterocycles. The van der Waals surface area contributed by atoms with Crippen molar-refractivity contribution in [1.82, 2.24) is 30.5 Å². The molecule has 3 aromatic carbocycles. The molecule has 3 N–H and O–H groups in total. The number of H-pyrrole nitrogens is 1. The molecule has 0 radical (unpaired) electrons. The summed E-state index contributed by atoms with van der Waals surface area (Å²) in [4.78, 5) is 25.6. The summed E-state index contributed by atoms with van der Waals surface area (Å²) < 4.78 is 12.8. The van der Waals surface area contributed by atoms with Crippen LogP contribution in [0.5, 0.6) is 0 Å². The Labute approximate surface area is 240 Å². The Morgan fingerprint density at radius 1 is 0.951 bits per heavy atom. The monoisotopic (exact) mass is 568 g/mol. The van der Waals surface area contributed by atoms with Gasteiger partial charge in [0.1, 0.15) is 12.0 Å². The first-order chi connectivity index (χ1) is 20.1. The summed E-state index contributed by atoms with van der Waals surface area (Å²) in [6.07, 6.45) is 2.82. The van der Waals surface area contributed by atoms with E-state index in [9.17, 15) is 9.90 Å². The van der Waals surface area contributed by atoms with Crippen molar-refractivity contribution in [3.63, 3.8) is 0 Å². The minimum atomic E-state index is -0.567. The average molecular weight is 569 g/mol. The predicted octanol–water partition coefficient (Wildman–Crippen LogP) is 4.51. The van der Waals surface area contributed by atoms with Crippen molar-refractivity contribution >= 4 is 28.7 Å². The van der Waals surface area contributed by atoms with Gasteiger partial charge in [0, 0.05) is 24.3 Å². The Kier molecular flexibility index (Phi) is 8.28. The number of nitrogens with zero attached hydrogens (tertiary/aromatic N) is 4. The fourth-order valence-electron chi connectivity index (χ4n) is 4.59. The lowest BCUT2D eigenvalue weighted by Gasteiger charge is -2.36. The second kappa shape index (κ2) is 12.6. The van der Waals surface area contributed by atoms with Crippen molar-refractivity contribution in [3.05, 3.63) is 113 Å². The Morgan fingerprint density at radius 2 is 1.71 bits per heavy atom. The van der Waals surface area contributed by atoms with Gasteiger partial charge in [-0.3, -0.25) is 14.9 Å². The number of aromatic amines is 1. The highest BCUT2D eigenvalue weighted by Gasteiger charge is 2.32. The minimum absolute atomic E-state index is 0.00352. The third-order valence-corrected chi connectivity index (χ3v) is 7.81. The predicted molar refractivity (Wildman–Crippen MR) is 153 cm³/mol. The molecule has 0 bridgehead atoms. The smallest absolute Gasteiger partial charge is 0.271 e. The Bertz CT molecular complexity index is 1600. The lowest BCUT2D eigenvalue weighted by Crippen LogP contribution is -2.31. The van der Waals surface area contributed by atoms with Crippen LogP contribution in [0.2, 0.25) is 0 Å². The average Bonchev–Trinajstić information content (AvgIpc) is 3.56. The van der Waals surface area contributed by atoms with Gasteiger partial charge in [-0.2, -0.15) is 5.10 Å². The van der Waals surface area contributed by atoms with Crippen LogP contribution in [-0.2, 0) is 22.6 Å². The van der Waals surface area contributed by atoms with Crippen LogP contribution in [0.15, 0.2) is 90.5 Å². The number of hydrogen-bond donors (Lipinski definition) is 3. The fraction of sp³-hybridized carbons (Fsp3) is 0.233. The fourth-order valence-corrected chi connectivity index (χ4v) is 5.39. The van der Waals surface area contributed by atoms with Gasteiger partial charge in [-0.15, -0.1) is 0 Å². The van der Waals surface area contributed by atoms with Crippen molar-refractivity contribution in [3.8, 4) is 0 Å². The van der Waals surface area contributed by atoms with Crippen LogP contribution < -0.4 is 5.32 Å². The molecule has 2 aromatic heterocycles. The summed E-state index contributed by atoms with van der Waals surface area (Å²) >= 11 is 1.55. The molecule has 41 heavy (non-hydrogen) atoms. The first kappa shape index (κ1) is 27.0. The number of aliphatic hydroxyl groups is 1. The van der Waals surface area contributed by atoms with Gasteiger partial charge in [0.15, 0.2) is 11.4 Å². The van der Waals surface area contributed by atoms with Crippen molar-refractivity contribution in [1.29, 1.82) is 0 Å². The molecule has 0 saturated carbocycles. The summed E-state index contributed by atoms with van der Waals surface area (Å²) in [6.45, 7) is 0.340. The van der Waals surface area contributed by atoms with Crippen molar-refractivity contribution in [2.24, 2.45) is 0 Å². The number of thioether (sulfide) groups is 1. The molecule has 5 aromatic rings. The van der Waals surface area contributed by atoms with Crippen LogP contribution in [-0.4, -0.2) is 48.0 Å². The molecular weight excluding hydrogens is 540 g/mol. The number of amides is 1. The number of para-hydroxylation sites is 2.